The molecule has 0 rings (SSSR count). The number of rotatable bonds is 58. The van der Waals surface area contributed by atoms with Crippen molar-refractivity contribution >= 4 is 11.9 Å². The fraction of sp³-hybridized carbons (Fsp3) is 0.791. The summed E-state index contributed by atoms with van der Waals surface area (Å²) in [6.07, 6.45) is 82.2. The Balaban J connectivity index is 4.28. The van der Waals surface area contributed by atoms with Gasteiger partial charge >= 0.3 is 11.9 Å². The van der Waals surface area contributed by atoms with Gasteiger partial charge in [0.1, 0.15) is 6.61 Å². The lowest BCUT2D eigenvalue weighted by Gasteiger charge is -2.18. The van der Waals surface area contributed by atoms with E-state index in [2.05, 4.69) is 93.7 Å². The van der Waals surface area contributed by atoms with Crippen LogP contribution in [0.2, 0.25) is 0 Å². The van der Waals surface area contributed by atoms with E-state index in [0.717, 1.165) is 83.5 Å². The molecule has 0 bridgehead atoms. The number of hydrogen-bond acceptors (Lipinski definition) is 5. The van der Waals surface area contributed by atoms with Crippen LogP contribution in [0.1, 0.15) is 316 Å². The van der Waals surface area contributed by atoms with E-state index in [1.165, 1.54) is 199 Å². The maximum atomic E-state index is 12.9. The fourth-order valence-corrected chi connectivity index (χ4v) is 9.06. The molecule has 418 valence electrons. The van der Waals surface area contributed by atoms with Crippen molar-refractivity contribution in [2.75, 3.05) is 19.8 Å². The van der Waals surface area contributed by atoms with Gasteiger partial charge in [0, 0.05) is 19.4 Å². The van der Waals surface area contributed by atoms with Crippen molar-refractivity contribution in [2.45, 2.75) is 322 Å². The van der Waals surface area contributed by atoms with E-state index < -0.39 is 6.10 Å². The van der Waals surface area contributed by atoms with Crippen LogP contribution in [0.5, 0.6) is 0 Å². The van der Waals surface area contributed by atoms with E-state index in [9.17, 15) is 9.59 Å². The van der Waals surface area contributed by atoms with Crippen molar-refractivity contribution in [1.29, 1.82) is 0 Å². The minimum absolute atomic E-state index is 0.0778. The molecule has 0 aliphatic carbocycles. The molecule has 0 amide bonds. The van der Waals surface area contributed by atoms with Gasteiger partial charge in [0.2, 0.25) is 0 Å². The van der Waals surface area contributed by atoms with Crippen LogP contribution in [0, 0.1) is 0 Å². The molecular weight excluding hydrogens is 885 g/mol. The Bertz CT molecular complexity index is 1270. The Morgan fingerprint density at radius 1 is 0.319 bits per heavy atom. The highest BCUT2D eigenvalue weighted by Crippen LogP contribution is 2.17. The molecule has 0 aromatic carbocycles. The van der Waals surface area contributed by atoms with Crippen LogP contribution in [0.15, 0.2) is 72.9 Å². The van der Waals surface area contributed by atoms with Gasteiger partial charge < -0.3 is 14.2 Å². The summed E-state index contributed by atoms with van der Waals surface area (Å²) in [7, 11) is 0. The summed E-state index contributed by atoms with van der Waals surface area (Å²) in [5.41, 5.74) is 0. The number of esters is 2. The van der Waals surface area contributed by atoms with Crippen molar-refractivity contribution in [1.82, 2.24) is 0 Å². The molecule has 0 N–H and O–H groups in total. The minimum atomic E-state index is -0.546. The first-order valence-corrected chi connectivity index (χ1v) is 31.5. The van der Waals surface area contributed by atoms with Crippen LogP contribution in [0.4, 0.5) is 0 Å². The Kier molecular flexibility index (Phi) is 60.3. The molecule has 0 radical (unpaired) electrons. The molecule has 5 nitrogen and oxygen atoms in total. The summed E-state index contributed by atoms with van der Waals surface area (Å²) >= 11 is 0. The lowest BCUT2D eigenvalue weighted by molar-refractivity contribution is -0.163. The van der Waals surface area contributed by atoms with E-state index >= 15 is 0 Å². The van der Waals surface area contributed by atoms with Gasteiger partial charge in [-0.15, -0.1) is 0 Å². The minimum Gasteiger partial charge on any atom is -0.462 e. The Hall–Kier alpha value is -2.66. The average molecular weight is 1010 g/mol. The molecule has 0 aliphatic rings. The largest absolute Gasteiger partial charge is 0.462 e. The zero-order valence-corrected chi connectivity index (χ0v) is 48.2. The predicted molar refractivity (Wildman–Crippen MR) is 316 cm³/mol. The van der Waals surface area contributed by atoms with Crippen molar-refractivity contribution in [3.63, 3.8) is 0 Å². The fourth-order valence-electron chi connectivity index (χ4n) is 9.06. The second-order valence-corrected chi connectivity index (χ2v) is 20.9. The van der Waals surface area contributed by atoms with Gasteiger partial charge in [-0.2, -0.15) is 0 Å². The van der Waals surface area contributed by atoms with Crippen molar-refractivity contribution in [3.05, 3.63) is 72.9 Å². The van der Waals surface area contributed by atoms with Gasteiger partial charge in [-0.05, 0) is 89.9 Å². The molecular formula is C67H120O5. The number of carbonyl (C=O) groups excluding carboxylic acids is 2. The molecule has 1 unspecified atom stereocenters. The summed E-state index contributed by atoms with van der Waals surface area (Å²) in [6.45, 7) is 7.72. The van der Waals surface area contributed by atoms with Gasteiger partial charge in [0.25, 0.3) is 0 Å². The number of hydrogen-bond donors (Lipinski definition) is 0. The lowest BCUT2D eigenvalue weighted by Crippen LogP contribution is -2.30. The summed E-state index contributed by atoms with van der Waals surface area (Å²) in [5.74, 6) is -0.399. The predicted octanol–water partition coefficient (Wildman–Crippen LogP) is 21.8. The molecule has 0 heterocycles. The topological polar surface area (TPSA) is 61.8 Å². The SMILES string of the molecule is CC/C=C\C/C=C\C/C=C\C/C=C\CCCCCCCCC(=O)OCC(COCCCCCCCCCCCC/C=C\C/C=C\CCCCC)OC(=O)CCCCCCCCCCCCCCCCCCC. The van der Waals surface area contributed by atoms with E-state index in [4.69, 9.17) is 14.2 Å². The lowest BCUT2D eigenvalue weighted by atomic mass is 10.0. The standard InChI is InChI=1S/C67H120O5/c1-4-7-10-13-16-19-22-25-28-31-33-35-38-41-44-47-50-53-56-59-62-70-63-65(72-67(69)61-58-55-52-49-46-43-40-36-30-27-24-21-18-15-12-9-6-3)64-71-66(68)60-57-54-51-48-45-42-39-37-34-32-29-26-23-20-17-14-11-8-5-2/h8,11,16-17,19-20,25-26,28-29,34,37,65H,4-7,9-10,12-15,18,21-24,27,30-33,35-36,38-64H2,1-3H3/b11-8-,19-16-,20-17-,28-25-,29-26-,37-34-. The van der Waals surface area contributed by atoms with Crippen molar-refractivity contribution < 1.29 is 23.8 Å². The van der Waals surface area contributed by atoms with Crippen LogP contribution in [0.3, 0.4) is 0 Å². The zero-order chi connectivity index (χ0) is 52.0. The van der Waals surface area contributed by atoms with Crippen molar-refractivity contribution in [3.8, 4) is 0 Å². The molecule has 0 fully saturated rings. The molecule has 0 saturated carbocycles. The molecule has 1 atom stereocenters. The number of carbonyl (C=O) groups is 2. The molecule has 0 aliphatic heterocycles. The van der Waals surface area contributed by atoms with E-state index in [0.29, 0.717) is 19.4 Å². The number of ether oxygens (including phenoxy) is 3. The monoisotopic (exact) mass is 1000 g/mol. The highest BCUT2D eigenvalue weighted by Gasteiger charge is 2.17. The number of unbranched alkanes of at least 4 members (excludes halogenated alkanes) is 35. The molecule has 0 aromatic heterocycles. The summed E-state index contributed by atoms with van der Waals surface area (Å²) in [6, 6.07) is 0. The molecule has 0 spiro atoms. The average Bonchev–Trinajstić information content (AvgIpc) is 3.38. The Morgan fingerprint density at radius 3 is 1.03 bits per heavy atom. The van der Waals surface area contributed by atoms with E-state index in [1.54, 1.807) is 0 Å². The Labute approximate surface area is 448 Å². The van der Waals surface area contributed by atoms with Gasteiger partial charge in [-0.25, -0.2) is 0 Å². The highest BCUT2D eigenvalue weighted by atomic mass is 16.6. The second-order valence-electron chi connectivity index (χ2n) is 20.9. The molecule has 72 heavy (non-hydrogen) atoms. The van der Waals surface area contributed by atoms with Gasteiger partial charge in [-0.3, -0.25) is 9.59 Å². The zero-order valence-electron chi connectivity index (χ0n) is 48.2. The Morgan fingerprint density at radius 2 is 0.625 bits per heavy atom. The van der Waals surface area contributed by atoms with Crippen LogP contribution < -0.4 is 0 Å². The van der Waals surface area contributed by atoms with Crippen LogP contribution >= 0.6 is 0 Å². The summed E-state index contributed by atoms with van der Waals surface area (Å²) < 4.78 is 17.5. The second kappa shape index (κ2) is 62.6. The highest BCUT2D eigenvalue weighted by molar-refractivity contribution is 5.70. The van der Waals surface area contributed by atoms with E-state index in [-0.39, 0.29) is 25.2 Å². The van der Waals surface area contributed by atoms with Crippen molar-refractivity contribution in [2.24, 2.45) is 0 Å². The maximum absolute atomic E-state index is 12.9. The first-order valence-electron chi connectivity index (χ1n) is 31.5. The normalized spacial score (nSPS) is 12.7. The van der Waals surface area contributed by atoms with Gasteiger partial charge in [0.15, 0.2) is 6.10 Å². The maximum Gasteiger partial charge on any atom is 0.306 e. The molecule has 0 aromatic rings. The first-order chi connectivity index (χ1) is 35.6. The van der Waals surface area contributed by atoms with Crippen LogP contribution in [0.25, 0.3) is 0 Å². The third-order valence-corrected chi connectivity index (χ3v) is 13.7. The van der Waals surface area contributed by atoms with E-state index in [1.807, 2.05) is 0 Å². The quantitative estimate of drug-likeness (QED) is 0.0345. The third kappa shape index (κ3) is 59.9. The van der Waals surface area contributed by atoms with Gasteiger partial charge in [-0.1, -0.05) is 286 Å². The summed E-state index contributed by atoms with van der Waals surface area (Å²) in [5, 5.41) is 0. The molecule has 5 heteroatoms. The molecule has 0 saturated heterocycles. The first kappa shape index (κ1) is 69.3. The van der Waals surface area contributed by atoms with Crippen LogP contribution in [-0.4, -0.2) is 37.9 Å². The smallest absolute Gasteiger partial charge is 0.306 e. The third-order valence-electron chi connectivity index (χ3n) is 13.7. The number of allylic oxidation sites excluding steroid dienone is 12. The summed E-state index contributed by atoms with van der Waals surface area (Å²) in [4.78, 5) is 25.6. The van der Waals surface area contributed by atoms with Crippen LogP contribution in [-0.2, 0) is 23.8 Å². The van der Waals surface area contributed by atoms with Gasteiger partial charge in [0.05, 0.1) is 6.61 Å².